The van der Waals surface area contributed by atoms with Gasteiger partial charge in [-0.1, -0.05) is 12.1 Å². The lowest BCUT2D eigenvalue weighted by molar-refractivity contribution is 0.258. The molecule has 0 heterocycles. The lowest BCUT2D eigenvalue weighted by atomic mass is 10.1. The Balaban J connectivity index is 3.05. The monoisotopic (exact) mass is 314 g/mol. The van der Waals surface area contributed by atoms with E-state index in [0.29, 0.717) is 17.9 Å². The molecule has 120 valence electrons. The minimum Gasteiger partial charge on any atom is -0.396 e. The molecule has 1 aromatic rings. The molecule has 0 amide bonds. The van der Waals surface area contributed by atoms with Gasteiger partial charge in [0.2, 0.25) is 10.0 Å². The van der Waals surface area contributed by atoms with E-state index in [4.69, 9.17) is 5.11 Å². The van der Waals surface area contributed by atoms with Crippen LogP contribution in [0.25, 0.3) is 0 Å². The summed E-state index contributed by atoms with van der Waals surface area (Å²) in [5.74, 6) is 0. The first-order valence-electron chi connectivity index (χ1n) is 7.24. The van der Waals surface area contributed by atoms with Crippen molar-refractivity contribution in [3.05, 3.63) is 29.8 Å². The van der Waals surface area contributed by atoms with Gasteiger partial charge in [0.05, 0.1) is 4.90 Å². The maximum atomic E-state index is 12.7. The fourth-order valence-electron chi connectivity index (χ4n) is 2.11. The van der Waals surface area contributed by atoms with Crippen molar-refractivity contribution >= 4 is 10.0 Å². The van der Waals surface area contributed by atoms with Gasteiger partial charge in [-0.3, -0.25) is 0 Å². The van der Waals surface area contributed by atoms with Crippen molar-refractivity contribution in [1.29, 1.82) is 0 Å². The van der Waals surface area contributed by atoms with Gasteiger partial charge in [-0.15, -0.1) is 0 Å². The molecule has 1 aromatic carbocycles. The van der Waals surface area contributed by atoms with Crippen LogP contribution in [0.15, 0.2) is 29.2 Å². The van der Waals surface area contributed by atoms with Gasteiger partial charge in [-0.2, -0.15) is 4.31 Å². The molecule has 0 saturated carbocycles. The van der Waals surface area contributed by atoms with Gasteiger partial charge in [-0.05, 0) is 51.9 Å². The average molecular weight is 314 g/mol. The van der Waals surface area contributed by atoms with E-state index in [1.807, 2.05) is 40.0 Å². The summed E-state index contributed by atoms with van der Waals surface area (Å²) < 4.78 is 26.7. The van der Waals surface area contributed by atoms with Crippen LogP contribution in [-0.2, 0) is 10.0 Å². The Bertz CT molecular complexity index is 526. The summed E-state index contributed by atoms with van der Waals surface area (Å²) in [5, 5.41) is 12.1. The molecule has 1 unspecified atom stereocenters. The number of aliphatic hydroxyl groups is 1. The van der Waals surface area contributed by atoms with Crippen molar-refractivity contribution < 1.29 is 13.5 Å². The third-order valence-corrected chi connectivity index (χ3v) is 5.62. The van der Waals surface area contributed by atoms with E-state index >= 15 is 0 Å². The van der Waals surface area contributed by atoms with Gasteiger partial charge in [0.25, 0.3) is 0 Å². The summed E-state index contributed by atoms with van der Waals surface area (Å²) in [4.78, 5) is 0.293. The molecule has 1 rings (SSSR count). The normalized spacial score (nSPS) is 13.9. The van der Waals surface area contributed by atoms with Crippen LogP contribution < -0.4 is 5.32 Å². The molecule has 6 heteroatoms. The minimum atomic E-state index is -3.52. The summed E-state index contributed by atoms with van der Waals surface area (Å²) in [6.07, 6.45) is 0.437. The molecule has 0 fully saturated rings. The summed E-state index contributed by atoms with van der Waals surface area (Å²) in [6.45, 7) is 6.01. The largest absolute Gasteiger partial charge is 0.396 e. The average Bonchev–Trinajstić information content (AvgIpc) is 2.46. The highest BCUT2D eigenvalue weighted by atomic mass is 32.2. The van der Waals surface area contributed by atoms with E-state index in [-0.39, 0.29) is 18.7 Å². The number of nitrogens with zero attached hydrogens (tertiary/aromatic N) is 1. The van der Waals surface area contributed by atoms with Gasteiger partial charge in [0.15, 0.2) is 0 Å². The molecule has 21 heavy (non-hydrogen) atoms. The van der Waals surface area contributed by atoms with Crippen molar-refractivity contribution in [1.82, 2.24) is 9.62 Å². The van der Waals surface area contributed by atoms with Crippen LogP contribution in [0.3, 0.4) is 0 Å². The molecule has 0 aliphatic heterocycles. The SMILES string of the molecule is CNC(C)c1ccc(S(=O)(=O)N(CCCO)C(C)C)cc1. The quantitative estimate of drug-likeness (QED) is 0.767. The van der Waals surface area contributed by atoms with E-state index in [2.05, 4.69) is 5.32 Å². The fraction of sp³-hybridized carbons (Fsp3) is 0.600. The van der Waals surface area contributed by atoms with Crippen LogP contribution in [0.5, 0.6) is 0 Å². The second-order valence-corrected chi connectivity index (χ2v) is 7.26. The second kappa shape index (κ2) is 7.89. The maximum Gasteiger partial charge on any atom is 0.243 e. The zero-order chi connectivity index (χ0) is 16.0. The second-order valence-electron chi connectivity index (χ2n) is 5.37. The standard InChI is InChI=1S/C15H26N2O3S/c1-12(2)17(10-5-11-18)21(19,20)15-8-6-14(7-9-15)13(3)16-4/h6-9,12-13,16,18H,5,10-11H2,1-4H3. The van der Waals surface area contributed by atoms with E-state index in [1.165, 1.54) is 4.31 Å². The summed E-state index contributed by atoms with van der Waals surface area (Å²) >= 11 is 0. The number of rotatable bonds is 8. The van der Waals surface area contributed by atoms with Crippen molar-refractivity contribution in [3.8, 4) is 0 Å². The van der Waals surface area contributed by atoms with Gasteiger partial charge < -0.3 is 10.4 Å². The van der Waals surface area contributed by atoms with E-state index in [0.717, 1.165) is 5.56 Å². The van der Waals surface area contributed by atoms with Crippen LogP contribution >= 0.6 is 0 Å². The zero-order valence-electron chi connectivity index (χ0n) is 13.2. The number of hydrogen-bond donors (Lipinski definition) is 2. The molecular weight excluding hydrogens is 288 g/mol. The molecule has 0 bridgehead atoms. The highest BCUT2D eigenvalue weighted by Crippen LogP contribution is 2.21. The third kappa shape index (κ3) is 4.51. The lowest BCUT2D eigenvalue weighted by Crippen LogP contribution is -2.38. The van der Waals surface area contributed by atoms with Crippen molar-refractivity contribution in [2.75, 3.05) is 20.2 Å². The summed E-state index contributed by atoms with van der Waals surface area (Å²) in [6, 6.07) is 6.99. The number of sulfonamides is 1. The highest BCUT2D eigenvalue weighted by Gasteiger charge is 2.26. The number of nitrogens with one attached hydrogen (secondary N) is 1. The van der Waals surface area contributed by atoms with Crippen LogP contribution in [0.2, 0.25) is 0 Å². The van der Waals surface area contributed by atoms with Gasteiger partial charge >= 0.3 is 0 Å². The summed E-state index contributed by atoms with van der Waals surface area (Å²) in [7, 11) is -1.65. The zero-order valence-corrected chi connectivity index (χ0v) is 14.0. The molecule has 0 spiro atoms. The highest BCUT2D eigenvalue weighted by molar-refractivity contribution is 7.89. The Morgan fingerprint density at radius 3 is 2.19 bits per heavy atom. The predicted octanol–water partition coefficient (Wildman–Crippen LogP) is 1.75. The van der Waals surface area contributed by atoms with Crippen LogP contribution in [0.4, 0.5) is 0 Å². The van der Waals surface area contributed by atoms with Crippen molar-refractivity contribution in [2.45, 2.75) is 44.2 Å². The fourth-order valence-corrected chi connectivity index (χ4v) is 3.79. The Morgan fingerprint density at radius 1 is 1.19 bits per heavy atom. The van der Waals surface area contributed by atoms with Gasteiger partial charge in [0.1, 0.15) is 0 Å². The Hall–Kier alpha value is -0.950. The molecule has 0 saturated heterocycles. The number of hydrogen-bond acceptors (Lipinski definition) is 4. The van der Waals surface area contributed by atoms with Crippen LogP contribution in [-0.4, -0.2) is 44.1 Å². The first kappa shape index (κ1) is 18.1. The van der Waals surface area contributed by atoms with Gasteiger partial charge in [0, 0.05) is 25.2 Å². The van der Waals surface area contributed by atoms with Crippen LogP contribution in [0, 0.1) is 0 Å². The lowest BCUT2D eigenvalue weighted by Gasteiger charge is -2.25. The first-order chi connectivity index (χ1) is 9.84. The van der Waals surface area contributed by atoms with E-state index in [1.54, 1.807) is 12.1 Å². The molecular formula is C15H26N2O3S. The Morgan fingerprint density at radius 2 is 1.76 bits per heavy atom. The molecule has 1 atom stereocenters. The molecule has 5 nitrogen and oxygen atoms in total. The summed E-state index contributed by atoms with van der Waals surface area (Å²) in [5.41, 5.74) is 1.04. The van der Waals surface area contributed by atoms with Crippen LogP contribution in [0.1, 0.15) is 38.8 Å². The van der Waals surface area contributed by atoms with E-state index in [9.17, 15) is 8.42 Å². The predicted molar refractivity (Wildman–Crippen MR) is 84.6 cm³/mol. The minimum absolute atomic E-state index is 0.0165. The first-order valence-corrected chi connectivity index (χ1v) is 8.68. The number of aliphatic hydroxyl groups excluding tert-OH is 1. The topological polar surface area (TPSA) is 69.6 Å². The third-order valence-electron chi connectivity index (χ3n) is 3.53. The number of benzene rings is 1. The Kier molecular flexibility index (Phi) is 6.80. The maximum absolute atomic E-state index is 12.7. The Labute approximate surface area is 128 Å². The molecule has 0 radical (unpaired) electrons. The molecule has 0 aliphatic carbocycles. The smallest absolute Gasteiger partial charge is 0.243 e. The van der Waals surface area contributed by atoms with Crippen molar-refractivity contribution in [3.63, 3.8) is 0 Å². The molecule has 0 aromatic heterocycles. The van der Waals surface area contributed by atoms with Crippen molar-refractivity contribution in [2.24, 2.45) is 0 Å². The van der Waals surface area contributed by atoms with Gasteiger partial charge in [-0.25, -0.2) is 8.42 Å². The molecule has 2 N–H and O–H groups in total. The molecule has 0 aliphatic rings. The van der Waals surface area contributed by atoms with E-state index < -0.39 is 10.0 Å².